The lowest BCUT2D eigenvalue weighted by Gasteiger charge is -2.15. The lowest BCUT2D eigenvalue weighted by Crippen LogP contribution is -2.36. The van der Waals surface area contributed by atoms with Crippen LogP contribution in [0.25, 0.3) is 0 Å². The van der Waals surface area contributed by atoms with Gasteiger partial charge in [-0.3, -0.25) is 35.1 Å². The predicted molar refractivity (Wildman–Crippen MR) is 121 cm³/mol. The first-order chi connectivity index (χ1) is 15.7. The van der Waals surface area contributed by atoms with E-state index < -0.39 is 27.1 Å². The quantitative estimate of drug-likeness (QED) is 0.311. The second-order valence-electron chi connectivity index (χ2n) is 7.05. The number of amides is 2. The largest absolute Gasteiger partial charge is 0.376 e. The molecule has 12 nitrogen and oxygen atoms in total. The molecule has 0 radical (unpaired) electrons. The predicted octanol–water partition coefficient (Wildman–Crippen LogP) is 2.54. The van der Waals surface area contributed by atoms with Gasteiger partial charge in [-0.25, -0.2) is 0 Å². The average Bonchev–Trinajstić information content (AvgIpc) is 3.31. The van der Waals surface area contributed by atoms with E-state index in [0.717, 1.165) is 31.0 Å². The number of benzene rings is 2. The van der Waals surface area contributed by atoms with Crippen LogP contribution in [0, 0.1) is 20.2 Å². The normalized spacial score (nSPS) is 14.8. The van der Waals surface area contributed by atoms with E-state index in [1.165, 1.54) is 0 Å². The minimum Gasteiger partial charge on any atom is -0.376 e. The molecule has 1 atom stereocenters. The van der Waals surface area contributed by atoms with Crippen LogP contribution in [0.4, 0.5) is 17.1 Å². The van der Waals surface area contributed by atoms with Gasteiger partial charge in [-0.15, -0.1) is 0 Å². The van der Waals surface area contributed by atoms with Crippen molar-refractivity contribution in [2.24, 2.45) is 0 Å². The van der Waals surface area contributed by atoms with Gasteiger partial charge in [0.05, 0.1) is 38.8 Å². The highest BCUT2D eigenvalue weighted by atomic mass is 32.1. The summed E-state index contributed by atoms with van der Waals surface area (Å²) in [6.45, 7) is 1.03. The molecule has 0 aliphatic carbocycles. The minimum absolute atomic E-state index is 0.0339. The number of nitrogens with zero attached hydrogens (tertiary/aromatic N) is 2. The molecule has 2 aromatic carbocycles. The van der Waals surface area contributed by atoms with Crippen LogP contribution >= 0.6 is 12.2 Å². The van der Waals surface area contributed by atoms with Crippen LogP contribution in [0.3, 0.4) is 0 Å². The summed E-state index contributed by atoms with van der Waals surface area (Å²) in [6, 6.07) is 9.02. The van der Waals surface area contributed by atoms with Gasteiger partial charge in [0, 0.05) is 25.3 Å². The number of thiocarbonyl (C=S) groups is 1. The summed E-state index contributed by atoms with van der Waals surface area (Å²) in [5.74, 6) is -1.25. The fraction of sp³-hybridized carbons (Fsp3) is 0.250. The van der Waals surface area contributed by atoms with Gasteiger partial charge in [0.1, 0.15) is 0 Å². The highest BCUT2D eigenvalue weighted by Gasteiger charge is 2.21. The molecule has 1 fully saturated rings. The molecule has 0 aromatic heterocycles. The average molecular weight is 473 g/mol. The van der Waals surface area contributed by atoms with Crippen LogP contribution in [0.2, 0.25) is 0 Å². The third-order valence-electron chi connectivity index (χ3n) is 4.75. The Bertz CT molecular complexity index is 1090. The zero-order chi connectivity index (χ0) is 24.0. The molecule has 3 N–H and O–H groups in total. The molecule has 1 unspecified atom stereocenters. The number of nitro groups is 2. The molecule has 1 aliphatic rings. The number of ether oxygens (including phenoxy) is 1. The van der Waals surface area contributed by atoms with Crippen LogP contribution in [-0.2, 0) is 4.74 Å². The molecular formula is C20H19N5O7S. The number of nitrogens with one attached hydrogen (secondary N) is 3. The summed E-state index contributed by atoms with van der Waals surface area (Å²) >= 11 is 5.12. The molecule has 1 heterocycles. The van der Waals surface area contributed by atoms with Crippen molar-refractivity contribution in [3.05, 3.63) is 73.8 Å². The van der Waals surface area contributed by atoms with Gasteiger partial charge < -0.3 is 15.4 Å². The third kappa shape index (κ3) is 6.27. The summed E-state index contributed by atoms with van der Waals surface area (Å²) in [7, 11) is 0. The Morgan fingerprint density at radius 1 is 1.06 bits per heavy atom. The lowest BCUT2D eigenvalue weighted by molar-refractivity contribution is -0.394. The number of carbonyl (C=O) groups is 2. The molecule has 13 heteroatoms. The van der Waals surface area contributed by atoms with E-state index in [0.29, 0.717) is 18.8 Å². The molecule has 2 aromatic rings. The number of carbonyl (C=O) groups excluding carboxylic acids is 2. The van der Waals surface area contributed by atoms with Crippen LogP contribution in [0.1, 0.15) is 33.6 Å². The maximum atomic E-state index is 12.6. The van der Waals surface area contributed by atoms with Crippen molar-refractivity contribution in [3.8, 4) is 0 Å². The van der Waals surface area contributed by atoms with Crippen molar-refractivity contribution in [1.29, 1.82) is 0 Å². The number of hydrogen-bond acceptors (Lipinski definition) is 8. The zero-order valence-electron chi connectivity index (χ0n) is 17.1. The number of non-ortho nitro benzene ring substituents is 2. The van der Waals surface area contributed by atoms with Crippen LogP contribution in [-0.4, -0.2) is 46.0 Å². The molecule has 172 valence electrons. The Morgan fingerprint density at radius 3 is 2.33 bits per heavy atom. The van der Waals surface area contributed by atoms with Crippen molar-refractivity contribution in [1.82, 2.24) is 10.6 Å². The van der Waals surface area contributed by atoms with Crippen molar-refractivity contribution < 1.29 is 24.2 Å². The van der Waals surface area contributed by atoms with Gasteiger partial charge in [-0.05, 0) is 37.2 Å². The van der Waals surface area contributed by atoms with E-state index in [2.05, 4.69) is 16.0 Å². The van der Waals surface area contributed by atoms with Crippen molar-refractivity contribution in [2.75, 3.05) is 18.5 Å². The molecule has 3 rings (SSSR count). The Hall–Kier alpha value is -3.97. The van der Waals surface area contributed by atoms with Gasteiger partial charge in [0.15, 0.2) is 5.11 Å². The van der Waals surface area contributed by atoms with E-state index in [-0.39, 0.29) is 28.3 Å². The lowest BCUT2D eigenvalue weighted by atomic mass is 10.1. The van der Waals surface area contributed by atoms with Crippen LogP contribution in [0.15, 0.2) is 42.5 Å². The Kier molecular flexibility index (Phi) is 7.58. The topological polar surface area (TPSA) is 166 Å². The highest BCUT2D eigenvalue weighted by Crippen LogP contribution is 2.23. The molecule has 1 saturated heterocycles. The molecule has 0 saturated carbocycles. The second kappa shape index (κ2) is 10.6. The van der Waals surface area contributed by atoms with Crippen molar-refractivity contribution >= 4 is 46.2 Å². The van der Waals surface area contributed by atoms with E-state index in [1.807, 2.05) is 0 Å². The number of rotatable bonds is 7. The number of anilines is 1. The Labute approximate surface area is 192 Å². The molecule has 2 amide bonds. The van der Waals surface area contributed by atoms with Gasteiger partial charge in [0.25, 0.3) is 23.2 Å². The van der Waals surface area contributed by atoms with Gasteiger partial charge in [0.2, 0.25) is 0 Å². The summed E-state index contributed by atoms with van der Waals surface area (Å²) in [5, 5.41) is 29.7. The van der Waals surface area contributed by atoms with Gasteiger partial charge >= 0.3 is 0 Å². The first kappa shape index (κ1) is 23.7. The molecule has 33 heavy (non-hydrogen) atoms. The summed E-state index contributed by atoms with van der Waals surface area (Å²) in [6.07, 6.45) is 1.78. The number of hydrogen-bond donors (Lipinski definition) is 3. The maximum absolute atomic E-state index is 12.6. The maximum Gasteiger partial charge on any atom is 0.277 e. The standard InChI is InChI=1S/C20H19N5O7S/c26-18(12-8-13(24(28)29)10-14(9-12)25(30)31)23-20(33)22-17-6-2-1-5-16(17)19(27)21-11-15-4-3-7-32-15/h1-2,5-6,8-10,15H,3-4,7,11H2,(H,21,27)(H2,22,23,26,33). The summed E-state index contributed by atoms with van der Waals surface area (Å²) in [5.41, 5.74) is -0.943. The van der Waals surface area contributed by atoms with Crippen molar-refractivity contribution in [2.45, 2.75) is 18.9 Å². The Morgan fingerprint density at radius 2 is 1.73 bits per heavy atom. The minimum atomic E-state index is -0.889. The Balaban J connectivity index is 1.68. The SMILES string of the molecule is O=C(NC(=S)Nc1ccccc1C(=O)NCC1CCCO1)c1cc([N+](=O)[O-])cc([N+](=O)[O-])c1. The number of nitro benzene ring substituents is 2. The van der Waals surface area contributed by atoms with Crippen LogP contribution < -0.4 is 16.0 Å². The molecular weight excluding hydrogens is 454 g/mol. The van der Waals surface area contributed by atoms with E-state index >= 15 is 0 Å². The van der Waals surface area contributed by atoms with E-state index in [9.17, 15) is 29.8 Å². The first-order valence-electron chi connectivity index (χ1n) is 9.79. The van der Waals surface area contributed by atoms with E-state index in [4.69, 9.17) is 17.0 Å². The summed E-state index contributed by atoms with van der Waals surface area (Å²) < 4.78 is 5.48. The molecule has 0 bridgehead atoms. The molecule has 1 aliphatic heterocycles. The van der Waals surface area contributed by atoms with Crippen LogP contribution in [0.5, 0.6) is 0 Å². The summed E-state index contributed by atoms with van der Waals surface area (Å²) in [4.78, 5) is 45.4. The number of para-hydroxylation sites is 1. The fourth-order valence-corrected chi connectivity index (χ4v) is 3.37. The third-order valence-corrected chi connectivity index (χ3v) is 4.95. The van der Waals surface area contributed by atoms with Gasteiger partial charge in [-0.1, -0.05) is 12.1 Å². The first-order valence-corrected chi connectivity index (χ1v) is 10.2. The zero-order valence-corrected chi connectivity index (χ0v) is 17.9. The monoisotopic (exact) mass is 473 g/mol. The highest BCUT2D eigenvalue weighted by molar-refractivity contribution is 7.80. The smallest absolute Gasteiger partial charge is 0.277 e. The van der Waals surface area contributed by atoms with E-state index in [1.54, 1.807) is 24.3 Å². The van der Waals surface area contributed by atoms with Gasteiger partial charge in [-0.2, -0.15) is 0 Å². The second-order valence-corrected chi connectivity index (χ2v) is 7.46. The molecule has 0 spiro atoms. The van der Waals surface area contributed by atoms with Crippen molar-refractivity contribution in [3.63, 3.8) is 0 Å². The fourth-order valence-electron chi connectivity index (χ4n) is 3.16.